The Labute approximate surface area is 205 Å². The van der Waals surface area contributed by atoms with Gasteiger partial charge in [0.2, 0.25) is 0 Å². The number of nitrogens with zero attached hydrogens (tertiary/aromatic N) is 5. The summed E-state index contributed by atoms with van der Waals surface area (Å²) in [5.41, 5.74) is 7.71. The molecule has 0 fully saturated rings. The number of aryl methyl sites for hydroxylation is 3. The summed E-state index contributed by atoms with van der Waals surface area (Å²) >= 11 is 0. The molecular weight excluding hydrogens is 436 g/mol. The predicted molar refractivity (Wildman–Crippen MR) is 136 cm³/mol. The van der Waals surface area contributed by atoms with Crippen LogP contribution >= 0.6 is 0 Å². The average Bonchev–Trinajstić information content (AvgIpc) is 3.53. The van der Waals surface area contributed by atoms with E-state index in [1.807, 2.05) is 35.9 Å². The smallest absolute Gasteiger partial charge is 0.276 e. The molecule has 2 aliphatic rings. The summed E-state index contributed by atoms with van der Waals surface area (Å²) in [6, 6.07) is 14.3. The molecule has 0 saturated heterocycles. The molecule has 3 heterocycles. The van der Waals surface area contributed by atoms with E-state index in [1.165, 1.54) is 6.42 Å². The molecule has 2 aromatic carbocycles. The fraction of sp³-hybridized carbons (Fsp3) is 0.357. The molecule has 0 radical (unpaired) electrons. The highest BCUT2D eigenvalue weighted by atomic mass is 16.2. The van der Waals surface area contributed by atoms with Crippen LogP contribution < -0.4 is 5.32 Å². The summed E-state index contributed by atoms with van der Waals surface area (Å²) in [7, 11) is 0. The minimum Gasteiger partial charge on any atom is -0.320 e. The molecule has 1 aliphatic heterocycles. The van der Waals surface area contributed by atoms with E-state index in [0.29, 0.717) is 5.69 Å². The van der Waals surface area contributed by atoms with Crippen LogP contribution in [-0.4, -0.2) is 30.5 Å². The Morgan fingerprint density at radius 2 is 1.80 bits per heavy atom. The van der Waals surface area contributed by atoms with Crippen LogP contribution in [0, 0.1) is 13.8 Å². The van der Waals surface area contributed by atoms with Crippen LogP contribution in [0.15, 0.2) is 42.5 Å². The number of carbonyl (C=O) groups excluding carboxylic acids is 1. The number of benzene rings is 2. The van der Waals surface area contributed by atoms with Crippen molar-refractivity contribution in [3.63, 3.8) is 0 Å². The second-order valence-corrected chi connectivity index (χ2v) is 9.71. The van der Waals surface area contributed by atoms with Crippen LogP contribution in [0.5, 0.6) is 0 Å². The molecule has 1 amide bonds. The van der Waals surface area contributed by atoms with Crippen molar-refractivity contribution >= 4 is 11.6 Å². The zero-order valence-corrected chi connectivity index (χ0v) is 20.3. The van der Waals surface area contributed by atoms with Crippen molar-refractivity contribution in [2.75, 3.05) is 5.32 Å². The SMILES string of the molecule is Cc1ccc(-c2nnc3n2CCCCC3)cc1NC(=O)c1nn(-c2ccccc2C)c2c1CCC2. The van der Waals surface area contributed by atoms with Crippen LogP contribution in [0.4, 0.5) is 5.69 Å². The van der Waals surface area contributed by atoms with E-state index in [9.17, 15) is 4.79 Å². The number of hydrogen-bond donors (Lipinski definition) is 1. The van der Waals surface area contributed by atoms with E-state index in [0.717, 1.165) is 96.0 Å². The third-order valence-corrected chi connectivity index (χ3v) is 7.34. The molecule has 7 nitrogen and oxygen atoms in total. The van der Waals surface area contributed by atoms with Crippen molar-refractivity contribution in [1.29, 1.82) is 0 Å². The Bertz CT molecular complexity index is 1430. The number of hydrogen-bond acceptors (Lipinski definition) is 4. The number of aromatic nitrogens is 5. The average molecular weight is 467 g/mol. The highest BCUT2D eigenvalue weighted by Gasteiger charge is 2.28. The van der Waals surface area contributed by atoms with Crippen LogP contribution in [0.1, 0.15) is 64.4 Å². The minimum atomic E-state index is -0.157. The minimum absolute atomic E-state index is 0.157. The number of fused-ring (bicyclic) bond motifs is 2. The van der Waals surface area contributed by atoms with E-state index in [2.05, 4.69) is 45.2 Å². The molecule has 0 saturated carbocycles. The maximum atomic E-state index is 13.5. The maximum absolute atomic E-state index is 13.5. The van der Waals surface area contributed by atoms with Gasteiger partial charge in [-0.3, -0.25) is 4.79 Å². The zero-order chi connectivity index (χ0) is 23.9. The van der Waals surface area contributed by atoms with Crippen LogP contribution in [0.2, 0.25) is 0 Å². The van der Waals surface area contributed by atoms with Crippen molar-refractivity contribution in [2.24, 2.45) is 0 Å². The highest BCUT2D eigenvalue weighted by molar-refractivity contribution is 6.05. The number of nitrogens with one attached hydrogen (secondary N) is 1. The zero-order valence-electron chi connectivity index (χ0n) is 20.3. The summed E-state index contributed by atoms with van der Waals surface area (Å²) in [5, 5.41) is 16.9. The van der Waals surface area contributed by atoms with Crippen molar-refractivity contribution in [3.05, 3.63) is 76.4 Å². The Hall–Kier alpha value is -3.74. The van der Waals surface area contributed by atoms with Crippen molar-refractivity contribution in [2.45, 2.75) is 65.3 Å². The van der Waals surface area contributed by atoms with Gasteiger partial charge in [-0.2, -0.15) is 5.10 Å². The lowest BCUT2D eigenvalue weighted by Crippen LogP contribution is -2.16. The highest BCUT2D eigenvalue weighted by Crippen LogP contribution is 2.31. The molecule has 0 atom stereocenters. The Kier molecular flexibility index (Phi) is 5.47. The summed E-state index contributed by atoms with van der Waals surface area (Å²) in [5.74, 6) is 1.78. The number of carbonyl (C=O) groups is 1. The molecule has 1 aliphatic carbocycles. The van der Waals surface area contributed by atoms with Crippen molar-refractivity contribution in [1.82, 2.24) is 24.5 Å². The topological polar surface area (TPSA) is 77.6 Å². The molecule has 0 unspecified atom stereocenters. The first-order chi connectivity index (χ1) is 17.1. The molecule has 35 heavy (non-hydrogen) atoms. The second-order valence-electron chi connectivity index (χ2n) is 9.71. The third kappa shape index (κ3) is 3.85. The van der Waals surface area contributed by atoms with E-state index in [4.69, 9.17) is 5.10 Å². The number of para-hydroxylation sites is 1. The molecule has 0 spiro atoms. The van der Waals surface area contributed by atoms with E-state index in [-0.39, 0.29) is 5.91 Å². The van der Waals surface area contributed by atoms with Gasteiger partial charge in [-0.05, 0) is 69.2 Å². The lowest BCUT2D eigenvalue weighted by Gasteiger charge is -2.12. The van der Waals surface area contributed by atoms with Gasteiger partial charge in [0, 0.05) is 35.5 Å². The second kappa shape index (κ2) is 8.80. The largest absolute Gasteiger partial charge is 0.320 e. The van der Waals surface area contributed by atoms with Gasteiger partial charge >= 0.3 is 0 Å². The fourth-order valence-electron chi connectivity index (χ4n) is 5.40. The molecular formula is C28H30N6O. The predicted octanol–water partition coefficient (Wildman–Crippen LogP) is 5.22. The third-order valence-electron chi connectivity index (χ3n) is 7.34. The molecule has 4 aromatic rings. The molecule has 7 heteroatoms. The lowest BCUT2D eigenvalue weighted by molar-refractivity contribution is 0.102. The van der Waals surface area contributed by atoms with Gasteiger partial charge in [0.05, 0.1) is 5.69 Å². The number of rotatable bonds is 4. The summed E-state index contributed by atoms with van der Waals surface area (Å²) in [4.78, 5) is 13.5. The Balaban J connectivity index is 1.33. The van der Waals surface area contributed by atoms with E-state index < -0.39 is 0 Å². The van der Waals surface area contributed by atoms with E-state index >= 15 is 0 Å². The first-order valence-corrected chi connectivity index (χ1v) is 12.6. The molecule has 6 rings (SSSR count). The van der Waals surface area contributed by atoms with Gasteiger partial charge < -0.3 is 9.88 Å². The summed E-state index contributed by atoms with van der Waals surface area (Å²) in [6.45, 7) is 5.04. The lowest BCUT2D eigenvalue weighted by atomic mass is 10.1. The fourth-order valence-corrected chi connectivity index (χ4v) is 5.40. The molecule has 0 bridgehead atoms. The maximum Gasteiger partial charge on any atom is 0.276 e. The van der Waals surface area contributed by atoms with Crippen LogP contribution in [-0.2, 0) is 25.8 Å². The number of anilines is 1. The standard InChI is InChI=1S/C28H30N6O/c1-18-14-15-20(27-31-30-25-13-4-3-7-16-33(25)27)17-22(18)29-28(35)26-21-10-8-12-24(21)34(32-26)23-11-6-5-9-19(23)2/h5-6,9,11,14-15,17H,3-4,7-8,10,12-13,16H2,1-2H3,(H,29,35). The van der Waals surface area contributed by atoms with Crippen molar-refractivity contribution in [3.8, 4) is 17.1 Å². The molecule has 1 N–H and O–H groups in total. The van der Waals surface area contributed by atoms with Gasteiger partial charge in [-0.25, -0.2) is 4.68 Å². The first-order valence-electron chi connectivity index (χ1n) is 12.6. The summed E-state index contributed by atoms with van der Waals surface area (Å²) < 4.78 is 4.21. The van der Waals surface area contributed by atoms with Crippen LogP contribution in [0.25, 0.3) is 17.1 Å². The van der Waals surface area contributed by atoms with Gasteiger partial charge in [0.15, 0.2) is 11.5 Å². The molecule has 2 aromatic heterocycles. The Morgan fingerprint density at radius 1 is 0.914 bits per heavy atom. The monoisotopic (exact) mass is 466 g/mol. The van der Waals surface area contributed by atoms with Gasteiger partial charge in [0.25, 0.3) is 5.91 Å². The van der Waals surface area contributed by atoms with Gasteiger partial charge in [-0.1, -0.05) is 36.8 Å². The van der Waals surface area contributed by atoms with E-state index in [1.54, 1.807) is 0 Å². The number of amides is 1. The summed E-state index contributed by atoms with van der Waals surface area (Å²) in [6.07, 6.45) is 7.36. The molecule has 178 valence electrons. The Morgan fingerprint density at radius 3 is 2.69 bits per heavy atom. The van der Waals surface area contributed by atoms with Crippen LogP contribution in [0.3, 0.4) is 0 Å². The normalized spacial score (nSPS) is 14.9. The first kappa shape index (κ1) is 21.8. The van der Waals surface area contributed by atoms with Crippen molar-refractivity contribution < 1.29 is 4.79 Å². The van der Waals surface area contributed by atoms with Gasteiger partial charge in [-0.15, -0.1) is 10.2 Å². The quantitative estimate of drug-likeness (QED) is 0.448. The van der Waals surface area contributed by atoms with Gasteiger partial charge in [0.1, 0.15) is 5.82 Å².